The molecule has 2 aromatic carbocycles. The van der Waals surface area contributed by atoms with E-state index in [1.54, 1.807) is 73.3 Å². The van der Waals surface area contributed by atoms with Crippen molar-refractivity contribution in [2.75, 3.05) is 77.7 Å². The molecule has 0 saturated heterocycles. The van der Waals surface area contributed by atoms with Crippen LogP contribution in [0.25, 0.3) is 22.5 Å². The van der Waals surface area contributed by atoms with Crippen LogP contribution in [0.15, 0.2) is 97.8 Å². The molecule has 0 aliphatic carbocycles. The molecule has 0 spiro atoms. The van der Waals surface area contributed by atoms with Crippen LogP contribution < -0.4 is 43.4 Å². The van der Waals surface area contributed by atoms with Crippen molar-refractivity contribution in [2.24, 2.45) is 0 Å². The van der Waals surface area contributed by atoms with Gasteiger partial charge in [-0.2, -0.15) is 0 Å². The van der Waals surface area contributed by atoms with Crippen molar-refractivity contribution in [3.8, 4) is 22.5 Å². The molecule has 63 heavy (non-hydrogen) atoms. The third kappa shape index (κ3) is 12.8. The van der Waals surface area contributed by atoms with Crippen LogP contribution in [0.2, 0.25) is 0 Å². The summed E-state index contributed by atoms with van der Waals surface area (Å²) in [6.45, 7) is 1.32. The highest BCUT2D eigenvalue weighted by molar-refractivity contribution is 5.94. The van der Waals surface area contributed by atoms with E-state index in [0.29, 0.717) is 84.0 Å². The largest absolute Gasteiger partial charge is 0.476 e. The Morgan fingerprint density at radius 2 is 1.10 bits per heavy atom. The third-order valence-electron chi connectivity index (χ3n) is 9.34. The van der Waals surface area contributed by atoms with E-state index in [9.17, 15) is 19.2 Å². The van der Waals surface area contributed by atoms with Gasteiger partial charge in [0.15, 0.2) is 23.0 Å². The Hall–Kier alpha value is -8.42. The summed E-state index contributed by atoms with van der Waals surface area (Å²) in [5.74, 6) is -2.34. The summed E-state index contributed by atoms with van der Waals surface area (Å²) in [5, 5.41) is 14.9. The summed E-state index contributed by atoms with van der Waals surface area (Å²) in [7, 11) is 5.07. The highest BCUT2D eigenvalue weighted by Gasteiger charge is 2.17. The van der Waals surface area contributed by atoms with Gasteiger partial charge in [-0.3, -0.25) is 19.6 Å². The van der Waals surface area contributed by atoms with Crippen LogP contribution in [0, 0.1) is 0 Å². The first-order chi connectivity index (χ1) is 30.2. The number of esters is 1. The fourth-order valence-corrected chi connectivity index (χ4v) is 6.13. The number of rotatable bonds is 16. The molecule has 6 rings (SSSR count). The molecule has 0 radical (unpaired) electrons. The van der Waals surface area contributed by atoms with Gasteiger partial charge in [-0.15, -0.1) is 0 Å². The summed E-state index contributed by atoms with van der Waals surface area (Å²) in [6, 6.07) is 17.7. The molecule has 0 bridgehead atoms. The molecule has 6 aromatic rings. The van der Waals surface area contributed by atoms with Crippen LogP contribution in [0.1, 0.15) is 46.7 Å². The summed E-state index contributed by atoms with van der Waals surface area (Å²) < 4.78 is 4.68. The number of carboxylic acids is 1. The van der Waals surface area contributed by atoms with Crippen molar-refractivity contribution in [1.29, 1.82) is 0 Å². The van der Waals surface area contributed by atoms with Gasteiger partial charge in [0.25, 0.3) is 0 Å². The SMILES string of the molecule is CN(CCCC(=O)Nc1cccc(-c2cnc(N)c(C(=O)O)n2)c1)c1ccncc1N.COC(=O)c1nc(-c2cccc(NC(=O)CCCN(C)c3ccncc3N)c2)cnc1N. The number of aromatic nitrogens is 6. The molecule has 326 valence electrons. The first-order valence-corrected chi connectivity index (χ1v) is 19.4. The van der Waals surface area contributed by atoms with Gasteiger partial charge in [0.05, 0.1) is 66.0 Å². The number of carbonyl (C=O) groups excluding carboxylic acids is 3. The Morgan fingerprint density at radius 3 is 1.52 bits per heavy atom. The Morgan fingerprint density at radius 1 is 0.651 bits per heavy atom. The minimum absolute atomic E-state index is 0.0106. The topological polar surface area (TPSA) is 310 Å². The van der Waals surface area contributed by atoms with E-state index in [0.717, 1.165) is 11.4 Å². The highest BCUT2D eigenvalue weighted by Crippen LogP contribution is 2.25. The van der Waals surface area contributed by atoms with Gasteiger partial charge in [0.1, 0.15) is 0 Å². The average Bonchev–Trinajstić information content (AvgIpc) is 3.27. The number of nitrogens with zero attached hydrogens (tertiary/aromatic N) is 8. The number of pyridine rings is 2. The zero-order valence-electron chi connectivity index (χ0n) is 34.9. The normalized spacial score (nSPS) is 10.5. The van der Waals surface area contributed by atoms with Gasteiger partial charge in [-0.1, -0.05) is 24.3 Å². The fourth-order valence-electron chi connectivity index (χ4n) is 6.13. The number of nitrogen functional groups attached to an aromatic ring is 4. The van der Waals surface area contributed by atoms with Gasteiger partial charge in [-0.25, -0.2) is 29.5 Å². The second-order valence-electron chi connectivity index (χ2n) is 14.0. The molecule has 4 heterocycles. The maximum atomic E-state index is 12.4. The second-order valence-corrected chi connectivity index (χ2v) is 14.0. The lowest BCUT2D eigenvalue weighted by atomic mass is 10.1. The van der Waals surface area contributed by atoms with Crippen LogP contribution in [0.4, 0.5) is 45.8 Å². The van der Waals surface area contributed by atoms with Gasteiger partial charge in [0.2, 0.25) is 11.8 Å². The van der Waals surface area contributed by atoms with Gasteiger partial charge >= 0.3 is 11.9 Å². The first kappa shape index (κ1) is 45.7. The Kier molecular flexibility index (Phi) is 15.7. The van der Waals surface area contributed by atoms with E-state index in [1.165, 1.54) is 19.5 Å². The predicted molar refractivity (Wildman–Crippen MR) is 242 cm³/mol. The molecule has 0 aliphatic rings. The van der Waals surface area contributed by atoms with Crippen molar-refractivity contribution in [1.82, 2.24) is 29.9 Å². The molecule has 2 amide bonds. The molecule has 11 N–H and O–H groups in total. The third-order valence-corrected chi connectivity index (χ3v) is 9.34. The summed E-state index contributed by atoms with van der Waals surface area (Å²) in [6.07, 6.45) is 11.4. The van der Waals surface area contributed by atoms with Crippen LogP contribution >= 0.6 is 0 Å². The Labute approximate surface area is 362 Å². The molecule has 0 atom stereocenters. The van der Waals surface area contributed by atoms with Crippen LogP contribution in [-0.4, -0.2) is 93.1 Å². The minimum Gasteiger partial charge on any atom is -0.476 e. The monoisotopic (exact) mass is 856 g/mol. The first-order valence-electron chi connectivity index (χ1n) is 19.4. The van der Waals surface area contributed by atoms with Crippen molar-refractivity contribution in [3.05, 3.63) is 109 Å². The number of aromatic carboxylic acids is 1. The molecular formula is C43H48N14O6. The smallest absolute Gasteiger partial charge is 0.360 e. The van der Waals surface area contributed by atoms with Crippen LogP contribution in [0.3, 0.4) is 0 Å². The van der Waals surface area contributed by atoms with Gasteiger partial charge < -0.3 is 53.2 Å². The zero-order valence-corrected chi connectivity index (χ0v) is 34.9. The van der Waals surface area contributed by atoms with E-state index in [4.69, 9.17) is 28.0 Å². The second kappa shape index (κ2) is 21.7. The number of nitrogens with one attached hydrogen (secondary N) is 2. The zero-order chi connectivity index (χ0) is 45.5. The maximum Gasteiger partial charge on any atom is 0.360 e. The molecule has 0 fully saturated rings. The van der Waals surface area contributed by atoms with E-state index < -0.39 is 11.9 Å². The number of nitrogens with two attached hydrogens (primary N) is 4. The Bertz CT molecular complexity index is 2580. The number of carboxylic acid groups (broad SMARTS) is 1. The van der Waals surface area contributed by atoms with E-state index >= 15 is 0 Å². The maximum absolute atomic E-state index is 12.4. The number of amides is 2. The quantitative estimate of drug-likeness (QED) is 0.0654. The Balaban J connectivity index is 0.000000238. The molecule has 4 aromatic heterocycles. The minimum atomic E-state index is -1.25. The summed E-state index contributed by atoms with van der Waals surface area (Å²) >= 11 is 0. The van der Waals surface area contributed by atoms with Crippen LogP contribution in [0.5, 0.6) is 0 Å². The summed E-state index contributed by atoms with van der Waals surface area (Å²) in [4.78, 5) is 75.9. The summed E-state index contributed by atoms with van der Waals surface area (Å²) in [5.41, 5.74) is 28.9. The lowest BCUT2D eigenvalue weighted by Gasteiger charge is -2.20. The molecule has 0 saturated carbocycles. The van der Waals surface area contributed by atoms with E-state index in [1.807, 2.05) is 36.0 Å². The van der Waals surface area contributed by atoms with Crippen molar-refractivity contribution < 1.29 is 29.0 Å². The number of hydrogen-bond acceptors (Lipinski definition) is 17. The van der Waals surface area contributed by atoms with Crippen molar-refractivity contribution in [2.45, 2.75) is 25.7 Å². The fraction of sp³-hybridized carbons (Fsp3) is 0.209. The molecule has 20 nitrogen and oxygen atoms in total. The standard InChI is InChI=1S/C22H25N7O3.C21H23N7O3/c1-29(18-8-9-25-12-16(18)23)10-4-7-19(30)27-15-6-3-5-14(11-15)17-13-26-21(24)20(28-17)22(31)32-2;1-28(17-7-8-24-11-15(17)22)9-3-6-18(29)26-14-5-2-4-13(10-14)16-12-25-20(23)19(27-16)21(30)31/h3,5-6,8-9,11-13H,4,7,10,23H2,1-2H3,(H2,24,26)(H,27,30);2,4-5,7-8,10-12H,3,6,9,22H2,1H3,(H2,23,25)(H,26,29)(H,30,31). The molecule has 0 aliphatic heterocycles. The number of methoxy groups -OCH3 is 1. The highest BCUT2D eigenvalue weighted by atomic mass is 16.5. The number of ether oxygens (including phenoxy) is 1. The number of anilines is 8. The van der Waals surface area contributed by atoms with Crippen molar-refractivity contribution in [3.63, 3.8) is 0 Å². The molecule has 0 unspecified atom stereocenters. The van der Waals surface area contributed by atoms with Crippen molar-refractivity contribution >= 4 is 69.5 Å². The van der Waals surface area contributed by atoms with E-state index in [2.05, 4.69) is 45.3 Å². The van der Waals surface area contributed by atoms with E-state index in [-0.39, 0.29) is 34.8 Å². The lowest BCUT2D eigenvalue weighted by molar-refractivity contribution is -0.117. The number of carbonyl (C=O) groups is 4. The number of benzene rings is 2. The molecular weight excluding hydrogens is 809 g/mol. The average molecular weight is 857 g/mol. The van der Waals surface area contributed by atoms with Crippen LogP contribution in [-0.2, 0) is 14.3 Å². The number of hydrogen-bond donors (Lipinski definition) is 7. The predicted octanol–water partition coefficient (Wildman–Crippen LogP) is 4.60. The van der Waals surface area contributed by atoms with Gasteiger partial charge in [0, 0.05) is 74.9 Å². The molecule has 20 heteroatoms. The lowest BCUT2D eigenvalue weighted by Crippen LogP contribution is -2.21. The van der Waals surface area contributed by atoms with Gasteiger partial charge in [-0.05, 0) is 49.2 Å².